The van der Waals surface area contributed by atoms with Crippen LogP contribution in [0.1, 0.15) is 27.0 Å². The lowest BCUT2D eigenvalue weighted by Crippen LogP contribution is -2.11. The average molecular weight is 264 g/mol. The monoisotopic (exact) mass is 264 g/mol. The van der Waals surface area contributed by atoms with E-state index in [1.165, 1.54) is 31.3 Å². The number of nitrogens with one attached hydrogen (secondary N) is 1. The smallest absolute Gasteiger partial charge is 0.257 e. The lowest BCUT2D eigenvalue weighted by Gasteiger charge is -2.01. The first-order valence-corrected chi connectivity index (χ1v) is 5.91. The quantitative estimate of drug-likeness (QED) is 0.867. The molecule has 0 radical (unpaired) electrons. The van der Waals surface area contributed by atoms with Crippen molar-refractivity contribution in [3.8, 4) is 0 Å². The SMILES string of the molecule is CC(=O)c1cnc(NC(=O)c2cccc(F)c2)s1. The molecule has 1 amide bonds. The molecule has 2 rings (SSSR count). The lowest BCUT2D eigenvalue weighted by atomic mass is 10.2. The van der Waals surface area contributed by atoms with Crippen LogP contribution in [0.2, 0.25) is 0 Å². The Kier molecular flexibility index (Phi) is 3.47. The highest BCUT2D eigenvalue weighted by Crippen LogP contribution is 2.19. The van der Waals surface area contributed by atoms with Gasteiger partial charge in [0.25, 0.3) is 5.91 Å². The maximum Gasteiger partial charge on any atom is 0.257 e. The fraction of sp³-hybridized carbons (Fsp3) is 0.0833. The maximum atomic E-state index is 12.9. The summed E-state index contributed by atoms with van der Waals surface area (Å²) in [4.78, 5) is 27.2. The fourth-order valence-corrected chi connectivity index (χ4v) is 2.00. The van der Waals surface area contributed by atoms with Gasteiger partial charge in [-0.1, -0.05) is 17.4 Å². The molecule has 1 aromatic carbocycles. The molecule has 0 bridgehead atoms. The summed E-state index contributed by atoms with van der Waals surface area (Å²) in [5.41, 5.74) is 0.203. The van der Waals surface area contributed by atoms with E-state index in [4.69, 9.17) is 0 Å². The Morgan fingerprint density at radius 1 is 1.39 bits per heavy atom. The van der Waals surface area contributed by atoms with Crippen LogP contribution in [-0.4, -0.2) is 16.7 Å². The van der Waals surface area contributed by atoms with E-state index in [1.807, 2.05) is 0 Å². The molecule has 1 aromatic heterocycles. The molecular formula is C12H9FN2O2S. The fourth-order valence-electron chi connectivity index (χ4n) is 1.29. The zero-order chi connectivity index (χ0) is 13.1. The molecule has 0 fully saturated rings. The van der Waals surface area contributed by atoms with Gasteiger partial charge < -0.3 is 0 Å². The van der Waals surface area contributed by atoms with Crippen molar-refractivity contribution in [3.63, 3.8) is 0 Å². The Hall–Kier alpha value is -2.08. The molecule has 1 N–H and O–H groups in total. The Morgan fingerprint density at radius 2 is 2.17 bits per heavy atom. The second kappa shape index (κ2) is 5.05. The number of benzene rings is 1. The molecule has 6 heteroatoms. The minimum Gasteiger partial charge on any atom is -0.298 e. The first kappa shape index (κ1) is 12.4. The van der Waals surface area contributed by atoms with Crippen LogP contribution in [0.15, 0.2) is 30.5 Å². The molecule has 18 heavy (non-hydrogen) atoms. The summed E-state index contributed by atoms with van der Waals surface area (Å²) in [6.07, 6.45) is 1.40. The summed E-state index contributed by atoms with van der Waals surface area (Å²) in [6, 6.07) is 5.34. The second-order valence-corrected chi connectivity index (χ2v) is 4.58. The van der Waals surface area contributed by atoms with Gasteiger partial charge in [-0.15, -0.1) is 0 Å². The topological polar surface area (TPSA) is 59.1 Å². The van der Waals surface area contributed by atoms with E-state index in [1.54, 1.807) is 0 Å². The number of Topliss-reactive ketones (excluding diaryl/α,β-unsaturated/α-hetero) is 1. The summed E-state index contributed by atoms with van der Waals surface area (Å²) < 4.78 is 12.9. The normalized spacial score (nSPS) is 10.1. The van der Waals surface area contributed by atoms with Crippen LogP contribution in [0.3, 0.4) is 0 Å². The molecule has 0 atom stereocenters. The third-order valence-electron chi connectivity index (χ3n) is 2.16. The Morgan fingerprint density at radius 3 is 2.78 bits per heavy atom. The number of ketones is 1. The highest BCUT2D eigenvalue weighted by Gasteiger charge is 2.11. The summed E-state index contributed by atoms with van der Waals surface area (Å²) >= 11 is 1.08. The molecule has 92 valence electrons. The summed E-state index contributed by atoms with van der Waals surface area (Å²) in [5, 5.41) is 2.82. The molecular weight excluding hydrogens is 255 g/mol. The summed E-state index contributed by atoms with van der Waals surface area (Å²) in [7, 11) is 0. The number of carbonyl (C=O) groups is 2. The lowest BCUT2D eigenvalue weighted by molar-refractivity contribution is 0.101. The number of amides is 1. The van der Waals surface area contributed by atoms with Gasteiger partial charge >= 0.3 is 0 Å². The van der Waals surface area contributed by atoms with Crippen molar-refractivity contribution in [2.45, 2.75) is 6.92 Å². The van der Waals surface area contributed by atoms with E-state index in [-0.39, 0.29) is 11.3 Å². The zero-order valence-electron chi connectivity index (χ0n) is 9.44. The van der Waals surface area contributed by atoms with Crippen molar-refractivity contribution < 1.29 is 14.0 Å². The number of aromatic nitrogens is 1. The van der Waals surface area contributed by atoms with Crippen molar-refractivity contribution in [2.75, 3.05) is 5.32 Å². The predicted molar refractivity (Wildman–Crippen MR) is 66.5 cm³/mol. The van der Waals surface area contributed by atoms with E-state index in [0.29, 0.717) is 10.0 Å². The number of halogens is 1. The highest BCUT2D eigenvalue weighted by molar-refractivity contribution is 7.17. The first-order valence-electron chi connectivity index (χ1n) is 5.10. The molecule has 4 nitrogen and oxygen atoms in total. The maximum absolute atomic E-state index is 12.9. The Balaban J connectivity index is 2.13. The number of hydrogen-bond acceptors (Lipinski definition) is 4. The van der Waals surface area contributed by atoms with Crippen molar-refractivity contribution in [3.05, 3.63) is 46.7 Å². The van der Waals surface area contributed by atoms with E-state index in [9.17, 15) is 14.0 Å². The van der Waals surface area contributed by atoms with Gasteiger partial charge in [0, 0.05) is 12.5 Å². The number of nitrogens with zero attached hydrogens (tertiary/aromatic N) is 1. The van der Waals surface area contributed by atoms with Crippen LogP contribution < -0.4 is 5.32 Å². The van der Waals surface area contributed by atoms with Crippen LogP contribution in [0.5, 0.6) is 0 Å². The first-order chi connectivity index (χ1) is 8.56. The van der Waals surface area contributed by atoms with Gasteiger partial charge in [-0.05, 0) is 18.2 Å². The van der Waals surface area contributed by atoms with E-state index < -0.39 is 11.7 Å². The van der Waals surface area contributed by atoms with Crippen molar-refractivity contribution in [1.29, 1.82) is 0 Å². The Labute approximate surface area is 106 Å². The predicted octanol–water partition coefficient (Wildman–Crippen LogP) is 2.74. The Bertz CT molecular complexity index is 610. The molecule has 0 aliphatic rings. The molecule has 0 saturated carbocycles. The van der Waals surface area contributed by atoms with Gasteiger partial charge in [-0.3, -0.25) is 14.9 Å². The van der Waals surface area contributed by atoms with Gasteiger partial charge in [0.1, 0.15) is 5.82 Å². The van der Waals surface area contributed by atoms with Crippen molar-refractivity contribution >= 4 is 28.2 Å². The third kappa shape index (κ3) is 2.78. The molecule has 0 unspecified atom stereocenters. The van der Waals surface area contributed by atoms with Gasteiger partial charge in [0.2, 0.25) is 0 Å². The average Bonchev–Trinajstić information content (AvgIpc) is 2.77. The van der Waals surface area contributed by atoms with Gasteiger partial charge in [0.15, 0.2) is 10.9 Å². The van der Waals surface area contributed by atoms with Crippen LogP contribution in [0, 0.1) is 5.82 Å². The molecule has 0 saturated heterocycles. The minimum atomic E-state index is -0.480. The number of carbonyl (C=O) groups excluding carboxylic acids is 2. The number of rotatable bonds is 3. The van der Waals surface area contributed by atoms with Crippen LogP contribution >= 0.6 is 11.3 Å². The summed E-state index contributed by atoms with van der Waals surface area (Å²) in [6.45, 7) is 1.42. The van der Waals surface area contributed by atoms with Crippen molar-refractivity contribution in [1.82, 2.24) is 4.98 Å². The minimum absolute atomic E-state index is 0.112. The van der Waals surface area contributed by atoms with E-state index in [2.05, 4.69) is 10.3 Å². The zero-order valence-corrected chi connectivity index (χ0v) is 10.3. The molecule has 1 heterocycles. The second-order valence-electron chi connectivity index (χ2n) is 3.55. The molecule has 0 spiro atoms. The van der Waals surface area contributed by atoms with Gasteiger partial charge in [-0.2, -0.15) is 0 Å². The highest BCUT2D eigenvalue weighted by atomic mass is 32.1. The van der Waals surface area contributed by atoms with Gasteiger partial charge in [0.05, 0.1) is 11.1 Å². The van der Waals surface area contributed by atoms with Crippen LogP contribution in [0.4, 0.5) is 9.52 Å². The van der Waals surface area contributed by atoms with Crippen LogP contribution in [0.25, 0.3) is 0 Å². The van der Waals surface area contributed by atoms with E-state index in [0.717, 1.165) is 17.4 Å². The van der Waals surface area contributed by atoms with E-state index >= 15 is 0 Å². The van der Waals surface area contributed by atoms with Crippen LogP contribution in [-0.2, 0) is 0 Å². The van der Waals surface area contributed by atoms with Gasteiger partial charge in [-0.25, -0.2) is 9.37 Å². The standard InChI is InChI=1S/C12H9FN2O2S/c1-7(16)10-6-14-12(18-10)15-11(17)8-3-2-4-9(13)5-8/h2-6H,1H3,(H,14,15,17). The number of hydrogen-bond donors (Lipinski definition) is 1. The third-order valence-corrected chi connectivity index (χ3v) is 3.17. The number of thiazole rings is 1. The molecule has 0 aliphatic carbocycles. The molecule has 0 aliphatic heterocycles. The summed E-state index contributed by atoms with van der Waals surface area (Å²) in [5.74, 6) is -1.05. The number of anilines is 1. The van der Waals surface area contributed by atoms with Crippen molar-refractivity contribution in [2.24, 2.45) is 0 Å². The largest absolute Gasteiger partial charge is 0.298 e. The molecule has 2 aromatic rings.